The van der Waals surface area contributed by atoms with Gasteiger partial charge in [-0.15, -0.1) is 0 Å². The van der Waals surface area contributed by atoms with Gasteiger partial charge in [0.2, 0.25) is 15.9 Å². The lowest BCUT2D eigenvalue weighted by Crippen LogP contribution is -2.64. The molecule has 2 atom stereocenters. The molecule has 202 valence electrons. The Labute approximate surface area is 222 Å². The van der Waals surface area contributed by atoms with E-state index in [1.54, 1.807) is 16.4 Å². The van der Waals surface area contributed by atoms with Crippen molar-refractivity contribution in [1.82, 2.24) is 9.21 Å². The minimum atomic E-state index is -3.68. The van der Waals surface area contributed by atoms with Crippen molar-refractivity contribution in [3.63, 3.8) is 0 Å². The first kappa shape index (κ1) is 27.8. The number of hydrogen-bond donors (Lipinski definition) is 1. The van der Waals surface area contributed by atoms with E-state index in [4.69, 9.17) is 4.74 Å². The van der Waals surface area contributed by atoms with Crippen LogP contribution in [0.2, 0.25) is 0 Å². The average molecular weight is 528 g/mol. The molecule has 2 heterocycles. The van der Waals surface area contributed by atoms with Crippen LogP contribution in [0.3, 0.4) is 0 Å². The standard InChI is InChI=1S/C29H41N3O4S/c1-5-24-9-6-7-10-27(24)30-28(33)18-31-16-8-15-29(20-31)21-32(25(19-36-29)17-22(2)3)37(34,35)26-13-11-23(4)12-14-26/h6-7,9-14,22,25H,5,8,15-21H2,1-4H3,(H,30,33)/t25-,29+/m0/s1. The zero-order valence-electron chi connectivity index (χ0n) is 22.6. The van der Waals surface area contributed by atoms with Crippen LogP contribution in [-0.4, -0.2) is 68.0 Å². The maximum atomic E-state index is 13.8. The lowest BCUT2D eigenvalue weighted by atomic mass is 9.89. The summed E-state index contributed by atoms with van der Waals surface area (Å²) in [6.07, 6.45) is 3.22. The highest BCUT2D eigenvalue weighted by Gasteiger charge is 2.47. The molecule has 0 aliphatic carbocycles. The number of aryl methyl sites for hydroxylation is 2. The molecule has 0 saturated carbocycles. The lowest BCUT2D eigenvalue weighted by molar-refractivity contribution is -0.146. The van der Waals surface area contributed by atoms with E-state index in [2.05, 4.69) is 31.0 Å². The number of likely N-dealkylation sites (tertiary alicyclic amines) is 1. The molecule has 7 nitrogen and oxygen atoms in total. The van der Waals surface area contributed by atoms with Gasteiger partial charge in [-0.05, 0) is 68.8 Å². The Morgan fingerprint density at radius 3 is 2.57 bits per heavy atom. The van der Waals surface area contributed by atoms with Gasteiger partial charge >= 0.3 is 0 Å². The number of morpholine rings is 1. The van der Waals surface area contributed by atoms with Crippen molar-refractivity contribution in [3.8, 4) is 0 Å². The Balaban J connectivity index is 1.50. The second kappa shape index (κ2) is 11.6. The Hall–Kier alpha value is -2.26. The SMILES string of the molecule is CCc1ccccc1NC(=O)CN1CCC[C@@]2(C1)CN(S(=O)(=O)c1ccc(C)cc1)[C@@H](CC(C)C)CO2. The van der Waals surface area contributed by atoms with E-state index < -0.39 is 15.6 Å². The number of sulfonamides is 1. The highest BCUT2D eigenvalue weighted by molar-refractivity contribution is 7.89. The summed E-state index contributed by atoms with van der Waals surface area (Å²) in [7, 11) is -3.68. The molecule has 2 aliphatic heterocycles. The zero-order valence-corrected chi connectivity index (χ0v) is 23.4. The predicted octanol–water partition coefficient (Wildman–Crippen LogP) is 4.47. The van der Waals surface area contributed by atoms with Gasteiger partial charge in [-0.1, -0.05) is 56.7 Å². The minimum Gasteiger partial charge on any atom is -0.371 e. The number of anilines is 1. The Kier molecular flexibility index (Phi) is 8.74. The quantitative estimate of drug-likeness (QED) is 0.548. The third-order valence-electron chi connectivity index (χ3n) is 7.46. The van der Waals surface area contributed by atoms with Gasteiger partial charge in [-0.2, -0.15) is 4.31 Å². The summed E-state index contributed by atoms with van der Waals surface area (Å²) in [6.45, 7) is 10.5. The van der Waals surface area contributed by atoms with E-state index >= 15 is 0 Å². The van der Waals surface area contributed by atoms with E-state index in [1.165, 1.54) is 0 Å². The molecule has 2 aromatic carbocycles. The predicted molar refractivity (Wildman–Crippen MR) is 147 cm³/mol. The van der Waals surface area contributed by atoms with Gasteiger partial charge in [0.05, 0.1) is 23.6 Å². The number of carbonyl (C=O) groups excluding carboxylic acids is 1. The number of hydrogen-bond acceptors (Lipinski definition) is 5. The first-order valence-corrected chi connectivity index (χ1v) is 14.9. The molecule has 1 N–H and O–H groups in total. The summed E-state index contributed by atoms with van der Waals surface area (Å²) in [5.74, 6) is 0.284. The number of amides is 1. The molecular formula is C29H41N3O4S. The molecule has 2 fully saturated rings. The van der Waals surface area contributed by atoms with Gasteiger partial charge in [0.15, 0.2) is 0 Å². The van der Waals surface area contributed by atoms with Crippen LogP contribution in [-0.2, 0) is 26.0 Å². The van der Waals surface area contributed by atoms with Gasteiger partial charge in [-0.25, -0.2) is 8.42 Å². The third-order valence-corrected chi connectivity index (χ3v) is 9.37. The van der Waals surface area contributed by atoms with Gasteiger partial charge in [0.1, 0.15) is 0 Å². The number of rotatable bonds is 8. The van der Waals surface area contributed by atoms with Crippen molar-refractivity contribution in [2.24, 2.45) is 5.92 Å². The van der Waals surface area contributed by atoms with Crippen LogP contribution in [0.25, 0.3) is 0 Å². The number of ether oxygens (including phenoxy) is 1. The van der Waals surface area contributed by atoms with Crippen molar-refractivity contribution in [2.75, 3.05) is 38.1 Å². The fraction of sp³-hybridized carbons (Fsp3) is 0.552. The zero-order chi connectivity index (χ0) is 26.6. The number of benzene rings is 2. The third kappa shape index (κ3) is 6.60. The summed E-state index contributed by atoms with van der Waals surface area (Å²) in [4.78, 5) is 15.4. The molecule has 0 bridgehead atoms. The summed E-state index contributed by atoms with van der Waals surface area (Å²) < 4.78 is 35.8. The van der Waals surface area contributed by atoms with Crippen molar-refractivity contribution < 1.29 is 17.9 Å². The lowest BCUT2D eigenvalue weighted by Gasteiger charge is -2.50. The van der Waals surface area contributed by atoms with Crippen molar-refractivity contribution in [3.05, 3.63) is 59.7 Å². The van der Waals surface area contributed by atoms with Crippen molar-refractivity contribution in [2.45, 2.75) is 69.9 Å². The molecule has 2 aliphatic rings. The monoisotopic (exact) mass is 527 g/mol. The maximum absolute atomic E-state index is 13.8. The highest BCUT2D eigenvalue weighted by atomic mass is 32.2. The second-order valence-corrected chi connectivity index (χ2v) is 12.9. The average Bonchev–Trinajstić information content (AvgIpc) is 2.85. The van der Waals surface area contributed by atoms with E-state index in [9.17, 15) is 13.2 Å². The van der Waals surface area contributed by atoms with Gasteiger partial charge < -0.3 is 10.1 Å². The molecule has 37 heavy (non-hydrogen) atoms. The normalized spacial score (nSPS) is 23.4. The molecule has 0 aromatic heterocycles. The van der Waals surface area contributed by atoms with Gasteiger partial charge in [-0.3, -0.25) is 9.69 Å². The van der Waals surface area contributed by atoms with Gasteiger partial charge in [0.25, 0.3) is 0 Å². The molecule has 2 aromatic rings. The number of para-hydroxylation sites is 1. The Morgan fingerprint density at radius 1 is 1.14 bits per heavy atom. The first-order chi connectivity index (χ1) is 17.6. The van der Waals surface area contributed by atoms with E-state index in [-0.39, 0.29) is 18.5 Å². The Bertz CT molecular complexity index is 1180. The molecule has 1 spiro atoms. The minimum absolute atomic E-state index is 0.0597. The second-order valence-electron chi connectivity index (χ2n) is 11.0. The topological polar surface area (TPSA) is 79.0 Å². The summed E-state index contributed by atoms with van der Waals surface area (Å²) in [5.41, 5.74) is 2.36. The van der Waals surface area contributed by atoms with E-state index in [1.807, 2.05) is 43.3 Å². The number of carbonyl (C=O) groups is 1. The van der Waals surface area contributed by atoms with Crippen LogP contribution in [0.15, 0.2) is 53.4 Å². The smallest absolute Gasteiger partial charge is 0.243 e. The van der Waals surface area contributed by atoms with Gasteiger partial charge in [0, 0.05) is 24.8 Å². The number of nitrogens with one attached hydrogen (secondary N) is 1. The maximum Gasteiger partial charge on any atom is 0.243 e. The fourth-order valence-corrected chi connectivity index (χ4v) is 7.28. The molecule has 4 rings (SSSR count). The van der Waals surface area contributed by atoms with Crippen molar-refractivity contribution >= 4 is 21.6 Å². The van der Waals surface area contributed by atoms with Crippen LogP contribution in [0.4, 0.5) is 5.69 Å². The molecule has 1 amide bonds. The molecule has 0 radical (unpaired) electrons. The van der Waals surface area contributed by atoms with Crippen LogP contribution in [0.1, 0.15) is 51.2 Å². The first-order valence-electron chi connectivity index (χ1n) is 13.4. The number of piperidine rings is 1. The van der Waals surface area contributed by atoms with Crippen LogP contribution in [0.5, 0.6) is 0 Å². The molecular weight excluding hydrogens is 486 g/mol. The largest absolute Gasteiger partial charge is 0.371 e. The molecule has 8 heteroatoms. The summed E-state index contributed by atoms with van der Waals surface area (Å²) >= 11 is 0. The molecule has 0 unspecified atom stereocenters. The fourth-order valence-electron chi connectivity index (χ4n) is 5.59. The summed E-state index contributed by atoms with van der Waals surface area (Å²) in [6, 6.07) is 14.7. The van der Waals surface area contributed by atoms with Crippen molar-refractivity contribution in [1.29, 1.82) is 0 Å². The van der Waals surface area contributed by atoms with Crippen LogP contribution < -0.4 is 5.32 Å². The summed E-state index contributed by atoms with van der Waals surface area (Å²) in [5, 5.41) is 3.06. The molecule has 2 saturated heterocycles. The van der Waals surface area contributed by atoms with Crippen LogP contribution >= 0.6 is 0 Å². The number of nitrogens with zero attached hydrogens (tertiary/aromatic N) is 2. The Morgan fingerprint density at radius 2 is 1.86 bits per heavy atom. The van der Waals surface area contributed by atoms with Crippen LogP contribution in [0, 0.1) is 12.8 Å². The van der Waals surface area contributed by atoms with E-state index in [0.29, 0.717) is 30.5 Å². The van der Waals surface area contributed by atoms with E-state index in [0.717, 1.165) is 49.0 Å². The highest BCUT2D eigenvalue weighted by Crippen LogP contribution is 2.35.